The van der Waals surface area contributed by atoms with Crippen LogP contribution in [0.2, 0.25) is 0 Å². The number of rotatable bonds is 2. The molecule has 0 unspecified atom stereocenters. The highest BCUT2D eigenvalue weighted by Gasteiger charge is 2.27. The van der Waals surface area contributed by atoms with Crippen LogP contribution in [0.4, 0.5) is 5.82 Å². The Bertz CT molecular complexity index is 397. The van der Waals surface area contributed by atoms with Crippen LogP contribution in [0.15, 0.2) is 4.63 Å². The van der Waals surface area contributed by atoms with Gasteiger partial charge in [-0.2, -0.15) is 0 Å². The first kappa shape index (κ1) is 11.8. The third-order valence-corrected chi connectivity index (χ3v) is 3.27. The van der Waals surface area contributed by atoms with Crippen LogP contribution in [-0.2, 0) is 0 Å². The number of nitrogen functional groups attached to an aromatic ring is 1. The molecule has 17 heavy (non-hydrogen) atoms. The van der Waals surface area contributed by atoms with Gasteiger partial charge in [0.05, 0.1) is 0 Å². The van der Waals surface area contributed by atoms with E-state index in [2.05, 4.69) is 26.9 Å². The number of likely N-dealkylation sites (tertiary alicyclic amines) is 1. The Morgan fingerprint density at radius 3 is 2.65 bits per heavy atom. The summed E-state index contributed by atoms with van der Waals surface area (Å²) in [5.74, 6) is -0.173. The lowest BCUT2D eigenvalue weighted by molar-refractivity contribution is 0.0649. The Labute approximate surface area is 99.5 Å². The molecule has 1 aliphatic rings. The summed E-state index contributed by atoms with van der Waals surface area (Å²) in [6.45, 7) is 1.99. The van der Waals surface area contributed by atoms with E-state index in [0.29, 0.717) is 0 Å². The molecule has 1 aromatic rings. The molecule has 0 radical (unpaired) electrons. The topological polar surface area (TPSA) is 88.5 Å². The summed E-state index contributed by atoms with van der Waals surface area (Å²) in [4.78, 5) is 16.0. The molecule has 0 saturated carbocycles. The third kappa shape index (κ3) is 2.38. The van der Waals surface area contributed by atoms with Gasteiger partial charge in [0.15, 0.2) is 0 Å². The summed E-state index contributed by atoms with van der Waals surface area (Å²) in [6, 6.07) is 0.231. The number of anilines is 1. The number of nitrogens with zero attached hydrogens (tertiary/aromatic N) is 4. The van der Waals surface area contributed by atoms with Crippen molar-refractivity contribution in [2.45, 2.75) is 18.9 Å². The van der Waals surface area contributed by atoms with Gasteiger partial charge in [-0.15, -0.1) is 0 Å². The average Bonchev–Trinajstić information content (AvgIpc) is 2.74. The maximum atomic E-state index is 12.1. The molecule has 2 N–H and O–H groups in total. The molecule has 1 amide bonds. The van der Waals surface area contributed by atoms with E-state index in [1.165, 1.54) is 0 Å². The van der Waals surface area contributed by atoms with Gasteiger partial charge >= 0.3 is 0 Å². The number of carbonyl (C=O) groups is 1. The van der Waals surface area contributed by atoms with Crippen molar-refractivity contribution in [2.75, 3.05) is 32.9 Å². The maximum absolute atomic E-state index is 12.1. The lowest BCUT2D eigenvalue weighted by atomic mass is 10.0. The van der Waals surface area contributed by atoms with Crippen LogP contribution in [0.25, 0.3) is 0 Å². The van der Waals surface area contributed by atoms with Gasteiger partial charge in [0.25, 0.3) is 5.91 Å². The fourth-order valence-corrected chi connectivity index (χ4v) is 2.06. The van der Waals surface area contributed by atoms with Gasteiger partial charge in [0.1, 0.15) is 0 Å². The zero-order valence-corrected chi connectivity index (χ0v) is 10.1. The average molecular weight is 239 g/mol. The zero-order valence-electron chi connectivity index (χ0n) is 10.1. The molecule has 1 aromatic heterocycles. The molecule has 1 aliphatic heterocycles. The van der Waals surface area contributed by atoms with Crippen LogP contribution in [0, 0.1) is 0 Å². The molecule has 94 valence electrons. The van der Waals surface area contributed by atoms with E-state index in [0.717, 1.165) is 25.9 Å². The minimum Gasteiger partial charge on any atom is -0.379 e. The van der Waals surface area contributed by atoms with E-state index in [-0.39, 0.29) is 23.5 Å². The van der Waals surface area contributed by atoms with Crippen molar-refractivity contribution in [3.8, 4) is 0 Å². The summed E-state index contributed by atoms with van der Waals surface area (Å²) in [5.41, 5.74) is 5.61. The zero-order chi connectivity index (χ0) is 12.4. The van der Waals surface area contributed by atoms with E-state index in [1.807, 2.05) is 0 Å². The first-order valence-corrected chi connectivity index (χ1v) is 5.63. The molecule has 0 aliphatic carbocycles. The lowest BCUT2D eigenvalue weighted by Gasteiger charge is -2.34. The van der Waals surface area contributed by atoms with Crippen LogP contribution in [-0.4, -0.2) is 59.2 Å². The molecular weight excluding hydrogens is 222 g/mol. The second-order valence-corrected chi connectivity index (χ2v) is 4.45. The molecule has 0 atom stereocenters. The quantitative estimate of drug-likeness (QED) is 0.770. The fraction of sp³-hybridized carbons (Fsp3) is 0.700. The van der Waals surface area contributed by atoms with Gasteiger partial charge in [0, 0.05) is 13.1 Å². The molecule has 7 heteroatoms. The van der Waals surface area contributed by atoms with Gasteiger partial charge in [-0.1, -0.05) is 0 Å². The van der Waals surface area contributed by atoms with E-state index in [4.69, 9.17) is 5.73 Å². The number of aromatic nitrogens is 2. The monoisotopic (exact) mass is 239 g/mol. The number of carbonyl (C=O) groups excluding carboxylic acids is 1. The van der Waals surface area contributed by atoms with E-state index in [9.17, 15) is 4.79 Å². The van der Waals surface area contributed by atoms with Crippen molar-refractivity contribution in [3.63, 3.8) is 0 Å². The number of amides is 1. The summed E-state index contributed by atoms with van der Waals surface area (Å²) < 4.78 is 4.44. The number of hydrogen-bond donors (Lipinski definition) is 1. The fourth-order valence-electron chi connectivity index (χ4n) is 2.06. The predicted molar refractivity (Wildman–Crippen MR) is 61.3 cm³/mol. The van der Waals surface area contributed by atoms with Crippen molar-refractivity contribution in [1.82, 2.24) is 20.1 Å². The van der Waals surface area contributed by atoms with Crippen molar-refractivity contribution in [2.24, 2.45) is 0 Å². The normalized spacial score (nSPS) is 18.2. The van der Waals surface area contributed by atoms with Crippen molar-refractivity contribution < 1.29 is 9.42 Å². The summed E-state index contributed by atoms with van der Waals surface area (Å²) in [6.07, 6.45) is 1.92. The van der Waals surface area contributed by atoms with Crippen molar-refractivity contribution >= 4 is 11.7 Å². The van der Waals surface area contributed by atoms with Crippen molar-refractivity contribution in [3.05, 3.63) is 5.69 Å². The predicted octanol–water partition coefficient (Wildman–Crippen LogP) is -0.182. The summed E-state index contributed by atoms with van der Waals surface area (Å²) in [7, 11) is 3.85. The molecule has 2 rings (SSSR count). The molecule has 0 spiro atoms. The molecule has 0 bridgehead atoms. The Morgan fingerprint density at radius 1 is 1.47 bits per heavy atom. The van der Waals surface area contributed by atoms with Gasteiger partial charge in [0.2, 0.25) is 11.5 Å². The second kappa shape index (κ2) is 4.70. The first-order valence-electron chi connectivity index (χ1n) is 5.63. The Morgan fingerprint density at radius 2 is 2.12 bits per heavy atom. The third-order valence-electron chi connectivity index (χ3n) is 3.27. The maximum Gasteiger partial charge on any atom is 0.280 e. The molecular formula is C10H17N5O2. The SMILES string of the molecule is CN1CCC(N(C)C(=O)c2nonc2N)CC1. The Hall–Kier alpha value is -1.63. The highest BCUT2D eigenvalue weighted by atomic mass is 16.6. The molecule has 1 fully saturated rings. The summed E-state index contributed by atoms with van der Waals surface area (Å²) in [5, 5.41) is 6.95. The van der Waals surface area contributed by atoms with Gasteiger partial charge < -0.3 is 15.5 Å². The number of piperidine rings is 1. The van der Waals surface area contributed by atoms with E-state index >= 15 is 0 Å². The number of nitrogens with two attached hydrogens (primary N) is 1. The smallest absolute Gasteiger partial charge is 0.280 e. The molecule has 0 aromatic carbocycles. The highest BCUT2D eigenvalue weighted by Crippen LogP contribution is 2.17. The standard InChI is InChI=1S/C10H17N5O2/c1-14-5-3-7(4-6-14)15(2)10(16)8-9(11)13-17-12-8/h7H,3-6H2,1-2H3,(H2,11,13). The van der Waals surface area contributed by atoms with Crippen LogP contribution in [0.1, 0.15) is 23.3 Å². The van der Waals surface area contributed by atoms with Crippen LogP contribution in [0.5, 0.6) is 0 Å². The molecule has 2 heterocycles. The largest absolute Gasteiger partial charge is 0.379 e. The van der Waals surface area contributed by atoms with Gasteiger partial charge in [-0.25, -0.2) is 4.63 Å². The first-order chi connectivity index (χ1) is 8.09. The minimum atomic E-state index is -0.224. The summed E-state index contributed by atoms with van der Waals surface area (Å²) >= 11 is 0. The van der Waals surface area contributed by atoms with Crippen LogP contribution >= 0.6 is 0 Å². The lowest BCUT2D eigenvalue weighted by Crippen LogP contribution is -2.44. The van der Waals surface area contributed by atoms with Crippen molar-refractivity contribution in [1.29, 1.82) is 0 Å². The number of hydrogen-bond acceptors (Lipinski definition) is 6. The van der Waals surface area contributed by atoms with E-state index in [1.54, 1.807) is 11.9 Å². The minimum absolute atomic E-state index is 0.0507. The Kier molecular flexibility index (Phi) is 3.28. The highest BCUT2D eigenvalue weighted by molar-refractivity contribution is 5.96. The second-order valence-electron chi connectivity index (χ2n) is 4.45. The molecule has 7 nitrogen and oxygen atoms in total. The van der Waals surface area contributed by atoms with Crippen LogP contribution < -0.4 is 5.73 Å². The van der Waals surface area contributed by atoms with E-state index < -0.39 is 0 Å². The van der Waals surface area contributed by atoms with Crippen LogP contribution in [0.3, 0.4) is 0 Å². The van der Waals surface area contributed by atoms with Gasteiger partial charge in [-0.05, 0) is 43.3 Å². The Balaban J connectivity index is 2.03. The molecule has 1 saturated heterocycles. The van der Waals surface area contributed by atoms with Gasteiger partial charge in [-0.3, -0.25) is 4.79 Å².